The molecule has 0 bridgehead atoms. The molecule has 0 saturated heterocycles. The minimum Gasteiger partial charge on any atom is -0.248 e. The third-order valence-electron chi connectivity index (χ3n) is 5.38. The number of aromatic nitrogens is 2. The highest BCUT2D eigenvalue weighted by atomic mass is 19.1. The van der Waals surface area contributed by atoms with E-state index in [-0.39, 0.29) is 5.82 Å². The molecule has 0 amide bonds. The van der Waals surface area contributed by atoms with Gasteiger partial charge in [0.2, 0.25) is 0 Å². The zero-order chi connectivity index (χ0) is 20.9. The molecule has 2 aromatic rings. The fraction of sp³-hybridized carbons (Fsp3) is 0.600. The molecule has 0 aliphatic heterocycles. The Balaban J connectivity index is 1.80. The van der Waals surface area contributed by atoms with Crippen LogP contribution in [0.25, 0.3) is 11.4 Å². The van der Waals surface area contributed by atoms with Crippen LogP contribution in [0.2, 0.25) is 0 Å². The lowest BCUT2D eigenvalue weighted by Crippen LogP contribution is -1.97. The van der Waals surface area contributed by atoms with E-state index in [0.29, 0.717) is 17.8 Å². The van der Waals surface area contributed by atoms with E-state index < -0.39 is 6.17 Å². The van der Waals surface area contributed by atoms with Crippen molar-refractivity contribution >= 4 is 0 Å². The van der Waals surface area contributed by atoms with E-state index in [9.17, 15) is 8.78 Å². The predicted octanol–water partition coefficient (Wildman–Crippen LogP) is 7.65. The molecule has 1 atom stereocenters. The summed E-state index contributed by atoms with van der Waals surface area (Å²) in [6.45, 7) is 3.82. The zero-order valence-corrected chi connectivity index (χ0v) is 18.1. The molecule has 1 heterocycles. The van der Waals surface area contributed by atoms with Crippen LogP contribution in [-0.2, 0) is 12.8 Å². The molecule has 1 aromatic heterocycles. The minimum atomic E-state index is -0.739. The van der Waals surface area contributed by atoms with E-state index in [2.05, 4.69) is 16.9 Å². The molecule has 2 rings (SSSR count). The molecule has 1 unspecified atom stereocenters. The molecule has 0 radical (unpaired) electrons. The Morgan fingerprint density at radius 3 is 2.17 bits per heavy atom. The van der Waals surface area contributed by atoms with Gasteiger partial charge in [0.05, 0.1) is 6.17 Å². The highest BCUT2D eigenvalue weighted by Gasteiger charge is 2.08. The van der Waals surface area contributed by atoms with Crippen molar-refractivity contribution in [2.45, 2.75) is 97.1 Å². The summed E-state index contributed by atoms with van der Waals surface area (Å²) < 4.78 is 27.3. The largest absolute Gasteiger partial charge is 0.248 e. The van der Waals surface area contributed by atoms with Crippen LogP contribution in [0.5, 0.6) is 0 Å². The first kappa shape index (κ1) is 23.4. The average molecular weight is 403 g/mol. The molecule has 4 heteroatoms. The third kappa shape index (κ3) is 9.01. The van der Waals surface area contributed by atoms with Crippen molar-refractivity contribution < 1.29 is 8.78 Å². The van der Waals surface area contributed by atoms with Crippen molar-refractivity contribution in [3.05, 3.63) is 47.5 Å². The molecule has 29 heavy (non-hydrogen) atoms. The molecule has 0 fully saturated rings. The first-order valence-electron chi connectivity index (χ1n) is 11.3. The van der Waals surface area contributed by atoms with Gasteiger partial charge in [0.15, 0.2) is 5.82 Å². The Hall–Kier alpha value is -1.84. The average Bonchev–Trinajstić information content (AvgIpc) is 2.72. The Morgan fingerprint density at radius 2 is 1.52 bits per heavy atom. The first-order valence-corrected chi connectivity index (χ1v) is 11.3. The topological polar surface area (TPSA) is 25.8 Å². The molecular weight excluding hydrogens is 366 g/mol. The van der Waals surface area contributed by atoms with Crippen LogP contribution in [0, 0.1) is 5.82 Å². The fourth-order valence-electron chi connectivity index (χ4n) is 3.55. The summed E-state index contributed by atoms with van der Waals surface area (Å²) in [5, 5.41) is 0. The molecule has 0 saturated carbocycles. The van der Waals surface area contributed by atoms with Crippen LogP contribution < -0.4 is 0 Å². The fourth-order valence-corrected chi connectivity index (χ4v) is 3.55. The number of alkyl halides is 1. The monoisotopic (exact) mass is 402 g/mol. The van der Waals surface area contributed by atoms with Crippen molar-refractivity contribution in [3.8, 4) is 11.4 Å². The Labute approximate surface area is 175 Å². The second kappa shape index (κ2) is 13.4. The van der Waals surface area contributed by atoms with Gasteiger partial charge in [-0.15, -0.1) is 0 Å². The number of hydrogen-bond donors (Lipinski definition) is 0. The van der Waals surface area contributed by atoms with Crippen LogP contribution >= 0.6 is 0 Å². The number of aryl methyl sites for hydroxylation is 2. The molecular formula is C25H36F2N2. The van der Waals surface area contributed by atoms with E-state index in [0.717, 1.165) is 43.2 Å². The second-order valence-electron chi connectivity index (χ2n) is 8.12. The third-order valence-corrected chi connectivity index (χ3v) is 5.38. The number of halogens is 2. The molecule has 0 aliphatic carbocycles. The van der Waals surface area contributed by atoms with Crippen molar-refractivity contribution in [1.82, 2.24) is 9.97 Å². The minimum absolute atomic E-state index is 0.165. The molecule has 0 spiro atoms. The van der Waals surface area contributed by atoms with Crippen molar-refractivity contribution in [2.75, 3.05) is 0 Å². The summed E-state index contributed by atoms with van der Waals surface area (Å²) in [6, 6.07) is 5.34. The number of unbranched alkanes of at least 4 members (excludes halogenated alkanes) is 7. The summed E-state index contributed by atoms with van der Waals surface area (Å²) >= 11 is 0. The highest BCUT2D eigenvalue weighted by molar-refractivity contribution is 5.55. The summed E-state index contributed by atoms with van der Waals surface area (Å²) in [4.78, 5) is 8.79. The predicted molar refractivity (Wildman–Crippen MR) is 117 cm³/mol. The molecule has 2 nitrogen and oxygen atoms in total. The zero-order valence-electron chi connectivity index (χ0n) is 18.1. The van der Waals surface area contributed by atoms with Crippen LogP contribution in [0.4, 0.5) is 8.78 Å². The van der Waals surface area contributed by atoms with Gasteiger partial charge in [0.1, 0.15) is 5.82 Å². The van der Waals surface area contributed by atoms with Gasteiger partial charge < -0.3 is 0 Å². The lowest BCUT2D eigenvalue weighted by atomic mass is 10.0. The normalized spacial score (nSPS) is 12.3. The maximum atomic E-state index is 14.5. The van der Waals surface area contributed by atoms with Crippen molar-refractivity contribution in [2.24, 2.45) is 0 Å². The van der Waals surface area contributed by atoms with Gasteiger partial charge in [-0.25, -0.2) is 18.7 Å². The summed E-state index contributed by atoms with van der Waals surface area (Å²) in [5.41, 5.74) is 2.53. The van der Waals surface area contributed by atoms with Gasteiger partial charge in [0.25, 0.3) is 0 Å². The van der Waals surface area contributed by atoms with Gasteiger partial charge in [-0.3, -0.25) is 0 Å². The standard InChI is InChI=1S/C25H36F2N2/c1-3-4-5-6-7-8-9-14-22-15-16-23(17-24(22)27)25-28-18-21(19-29-25)13-11-10-12-20(2)26/h15-20H,3-14H2,1-2H3. The quantitative estimate of drug-likeness (QED) is 0.303. The number of hydrogen-bond acceptors (Lipinski definition) is 2. The number of rotatable bonds is 14. The Kier molecular flexibility index (Phi) is 10.8. The molecule has 160 valence electrons. The van der Waals surface area contributed by atoms with Gasteiger partial charge in [0, 0.05) is 18.0 Å². The first-order chi connectivity index (χ1) is 14.1. The lowest BCUT2D eigenvalue weighted by Gasteiger charge is -2.07. The molecule has 1 aromatic carbocycles. The Bertz CT molecular complexity index is 698. The van der Waals surface area contributed by atoms with E-state index in [4.69, 9.17) is 0 Å². The number of nitrogens with zero attached hydrogens (tertiary/aromatic N) is 2. The van der Waals surface area contributed by atoms with Crippen molar-refractivity contribution in [3.63, 3.8) is 0 Å². The smallest absolute Gasteiger partial charge is 0.159 e. The van der Waals surface area contributed by atoms with Gasteiger partial charge >= 0.3 is 0 Å². The van der Waals surface area contributed by atoms with Crippen molar-refractivity contribution in [1.29, 1.82) is 0 Å². The lowest BCUT2D eigenvalue weighted by molar-refractivity contribution is 0.331. The van der Waals surface area contributed by atoms with Gasteiger partial charge in [-0.1, -0.05) is 64.0 Å². The molecule has 0 N–H and O–H groups in total. The molecule has 0 aliphatic rings. The highest BCUT2D eigenvalue weighted by Crippen LogP contribution is 2.21. The SMILES string of the molecule is CCCCCCCCCc1ccc(-c2ncc(CCCCC(C)F)cn2)cc1F. The Morgan fingerprint density at radius 1 is 0.862 bits per heavy atom. The van der Waals surface area contributed by atoms with Crippen LogP contribution in [-0.4, -0.2) is 16.1 Å². The maximum absolute atomic E-state index is 14.5. The number of benzene rings is 1. The summed E-state index contributed by atoms with van der Waals surface area (Å²) in [5.74, 6) is 0.383. The van der Waals surface area contributed by atoms with Crippen LogP contribution in [0.1, 0.15) is 89.2 Å². The van der Waals surface area contributed by atoms with E-state index >= 15 is 0 Å². The maximum Gasteiger partial charge on any atom is 0.159 e. The van der Waals surface area contributed by atoms with E-state index in [1.165, 1.54) is 38.5 Å². The summed E-state index contributed by atoms with van der Waals surface area (Å²) in [7, 11) is 0. The van der Waals surface area contributed by atoms with E-state index in [1.807, 2.05) is 12.1 Å². The van der Waals surface area contributed by atoms with Crippen LogP contribution in [0.15, 0.2) is 30.6 Å². The van der Waals surface area contributed by atoms with Gasteiger partial charge in [-0.05, 0) is 56.2 Å². The second-order valence-corrected chi connectivity index (χ2v) is 8.12. The van der Waals surface area contributed by atoms with E-state index in [1.54, 1.807) is 25.4 Å². The van der Waals surface area contributed by atoms with Gasteiger partial charge in [-0.2, -0.15) is 0 Å². The van der Waals surface area contributed by atoms with Crippen LogP contribution in [0.3, 0.4) is 0 Å². The summed E-state index contributed by atoms with van der Waals surface area (Å²) in [6.07, 6.45) is 15.5.